The van der Waals surface area contributed by atoms with Gasteiger partial charge >= 0.3 is 0 Å². The topological polar surface area (TPSA) is 159 Å². The summed E-state index contributed by atoms with van der Waals surface area (Å²) >= 11 is 0. The predicted molar refractivity (Wildman–Crippen MR) is 142 cm³/mol. The summed E-state index contributed by atoms with van der Waals surface area (Å²) in [5.74, 6) is -2.54. The first-order valence-corrected chi connectivity index (χ1v) is 12.1. The Labute approximate surface area is 230 Å². The standard InChI is InChI=1S/C29H13N7O5/c30-8-15-1-3-18(4-2-15)41-22-7-21-23-19(26(37)35(28(21)39)16-9-31-13-32-10-16)5-6-20-24(23)25(22)29(40)36(27(20)38)17-11-33-14-34-12-17/h1-7,9-14H. The van der Waals surface area contributed by atoms with Crippen LogP contribution in [0.5, 0.6) is 11.5 Å². The van der Waals surface area contributed by atoms with Gasteiger partial charge in [-0.05, 0) is 42.5 Å². The van der Waals surface area contributed by atoms with E-state index in [1.165, 1.54) is 67.8 Å². The number of nitrogens with zero attached hydrogens (tertiary/aromatic N) is 7. The quantitative estimate of drug-likeness (QED) is 0.308. The Morgan fingerprint density at radius 1 is 0.634 bits per heavy atom. The molecule has 7 rings (SSSR count). The molecule has 0 aliphatic carbocycles. The third kappa shape index (κ3) is 3.46. The number of carbonyl (C=O) groups excluding carboxylic acids is 4. The summed E-state index contributed by atoms with van der Waals surface area (Å²) in [5, 5.41) is 9.45. The van der Waals surface area contributed by atoms with E-state index in [1.54, 1.807) is 12.1 Å². The van der Waals surface area contributed by atoms with Crippen LogP contribution in [0, 0.1) is 11.3 Å². The number of hydrogen-bond donors (Lipinski definition) is 0. The molecule has 2 aliphatic rings. The fraction of sp³-hybridized carbons (Fsp3) is 0. The number of aromatic nitrogens is 4. The fourth-order valence-electron chi connectivity index (χ4n) is 5.02. The van der Waals surface area contributed by atoms with E-state index < -0.39 is 23.6 Å². The van der Waals surface area contributed by atoms with Crippen molar-refractivity contribution in [3.05, 3.63) is 108 Å². The molecule has 0 spiro atoms. The molecule has 0 saturated carbocycles. The van der Waals surface area contributed by atoms with E-state index >= 15 is 0 Å². The van der Waals surface area contributed by atoms with Crippen molar-refractivity contribution in [3.63, 3.8) is 0 Å². The minimum absolute atomic E-state index is 0.0227. The second kappa shape index (κ2) is 8.85. The predicted octanol–water partition coefficient (Wildman–Crippen LogP) is 3.68. The van der Waals surface area contributed by atoms with Crippen LogP contribution in [0.15, 0.2) is 79.9 Å². The SMILES string of the molecule is N#Cc1ccc(Oc2cc3c4c(ccc5c4c2C(=O)N(c2cncnc2)C5=O)C(=O)N(c2cncnc2)C3=O)cc1. The molecule has 0 radical (unpaired) electrons. The lowest BCUT2D eigenvalue weighted by atomic mass is 9.85. The van der Waals surface area contributed by atoms with Gasteiger partial charge in [0.05, 0.1) is 58.9 Å². The van der Waals surface area contributed by atoms with Gasteiger partial charge in [-0.1, -0.05) is 0 Å². The Balaban J connectivity index is 1.51. The molecular formula is C29H13N7O5. The molecule has 0 N–H and O–H groups in total. The number of benzene rings is 3. The molecule has 4 heterocycles. The zero-order valence-corrected chi connectivity index (χ0v) is 20.7. The van der Waals surface area contributed by atoms with Gasteiger partial charge in [0, 0.05) is 21.9 Å². The molecule has 2 aromatic heterocycles. The van der Waals surface area contributed by atoms with E-state index in [-0.39, 0.29) is 55.9 Å². The van der Waals surface area contributed by atoms with Crippen molar-refractivity contribution in [2.45, 2.75) is 0 Å². The van der Waals surface area contributed by atoms with E-state index in [4.69, 9.17) is 10.00 Å². The number of hydrogen-bond acceptors (Lipinski definition) is 10. The number of anilines is 2. The molecule has 5 aromatic rings. The monoisotopic (exact) mass is 539 g/mol. The summed E-state index contributed by atoms with van der Waals surface area (Å²) in [6.07, 6.45) is 7.85. The Morgan fingerprint density at radius 2 is 1.15 bits per heavy atom. The first-order valence-electron chi connectivity index (χ1n) is 12.1. The molecule has 0 fully saturated rings. The molecule has 0 saturated heterocycles. The number of amides is 4. The van der Waals surface area contributed by atoms with Crippen LogP contribution < -0.4 is 14.5 Å². The number of imide groups is 2. The van der Waals surface area contributed by atoms with Crippen LogP contribution in [-0.4, -0.2) is 43.6 Å². The summed E-state index contributed by atoms with van der Waals surface area (Å²) < 4.78 is 6.13. The van der Waals surface area contributed by atoms with Crippen molar-refractivity contribution < 1.29 is 23.9 Å². The maximum absolute atomic E-state index is 14.0. The summed E-state index contributed by atoms with van der Waals surface area (Å²) in [4.78, 5) is 72.8. The van der Waals surface area contributed by atoms with E-state index in [2.05, 4.69) is 19.9 Å². The fourth-order valence-corrected chi connectivity index (χ4v) is 5.02. The number of rotatable bonds is 4. The lowest BCUT2D eigenvalue weighted by Crippen LogP contribution is -2.43. The normalized spacial score (nSPS) is 13.9. The molecule has 12 heteroatoms. The van der Waals surface area contributed by atoms with Crippen LogP contribution in [0.4, 0.5) is 11.4 Å². The molecular weight excluding hydrogens is 526 g/mol. The zero-order valence-electron chi connectivity index (χ0n) is 20.7. The Kier molecular flexibility index (Phi) is 5.13. The van der Waals surface area contributed by atoms with E-state index in [1.807, 2.05) is 6.07 Å². The first-order chi connectivity index (χ1) is 20.0. The van der Waals surface area contributed by atoms with Gasteiger partial charge in [0.15, 0.2) is 0 Å². The van der Waals surface area contributed by atoms with E-state index in [0.717, 1.165) is 9.80 Å². The van der Waals surface area contributed by atoms with Crippen molar-refractivity contribution in [1.29, 1.82) is 5.26 Å². The number of ether oxygens (including phenoxy) is 1. The molecule has 194 valence electrons. The van der Waals surface area contributed by atoms with Crippen LogP contribution in [0.1, 0.15) is 47.0 Å². The summed E-state index contributed by atoms with van der Waals surface area (Å²) in [6, 6.07) is 12.4. The smallest absolute Gasteiger partial charge is 0.269 e. The van der Waals surface area contributed by atoms with Gasteiger partial charge in [-0.2, -0.15) is 5.26 Å². The lowest BCUT2D eigenvalue weighted by Gasteiger charge is -2.32. The number of carbonyl (C=O) groups is 4. The highest BCUT2D eigenvalue weighted by molar-refractivity contribution is 6.42. The van der Waals surface area contributed by atoms with Gasteiger partial charge in [-0.25, -0.2) is 29.7 Å². The minimum atomic E-state index is -0.747. The first kappa shape index (κ1) is 23.7. The highest BCUT2D eigenvalue weighted by atomic mass is 16.5. The Hall–Kier alpha value is -6.35. The average molecular weight is 539 g/mol. The average Bonchev–Trinajstić information content (AvgIpc) is 3.00. The second-order valence-corrected chi connectivity index (χ2v) is 9.03. The van der Waals surface area contributed by atoms with Crippen LogP contribution in [0.2, 0.25) is 0 Å². The molecule has 4 amide bonds. The molecule has 0 unspecified atom stereocenters. The summed E-state index contributed by atoms with van der Waals surface area (Å²) in [5.41, 5.74) is 0.906. The van der Waals surface area contributed by atoms with Crippen LogP contribution >= 0.6 is 0 Å². The van der Waals surface area contributed by atoms with Crippen molar-refractivity contribution in [2.75, 3.05) is 9.80 Å². The highest BCUT2D eigenvalue weighted by Gasteiger charge is 2.43. The summed E-state index contributed by atoms with van der Waals surface area (Å²) in [7, 11) is 0. The molecule has 0 bridgehead atoms. The second-order valence-electron chi connectivity index (χ2n) is 9.03. The van der Waals surface area contributed by atoms with Gasteiger partial charge < -0.3 is 4.74 Å². The Bertz CT molecular complexity index is 2010. The largest absolute Gasteiger partial charge is 0.456 e. The van der Waals surface area contributed by atoms with Crippen LogP contribution in [0.3, 0.4) is 0 Å². The van der Waals surface area contributed by atoms with Gasteiger partial charge in [-0.3, -0.25) is 19.2 Å². The highest BCUT2D eigenvalue weighted by Crippen LogP contribution is 2.44. The Morgan fingerprint density at radius 3 is 1.71 bits per heavy atom. The van der Waals surface area contributed by atoms with Crippen molar-refractivity contribution in [3.8, 4) is 17.6 Å². The van der Waals surface area contributed by atoms with Crippen molar-refractivity contribution in [1.82, 2.24) is 19.9 Å². The van der Waals surface area contributed by atoms with Crippen molar-refractivity contribution >= 4 is 45.8 Å². The third-order valence-electron chi connectivity index (χ3n) is 6.79. The maximum Gasteiger partial charge on any atom is 0.269 e. The van der Waals surface area contributed by atoms with Gasteiger partial charge in [0.1, 0.15) is 24.2 Å². The van der Waals surface area contributed by atoms with Crippen LogP contribution in [-0.2, 0) is 0 Å². The lowest BCUT2D eigenvalue weighted by molar-refractivity contribution is 0.0871. The zero-order chi connectivity index (χ0) is 28.2. The third-order valence-corrected chi connectivity index (χ3v) is 6.79. The van der Waals surface area contributed by atoms with Gasteiger partial charge in [0.25, 0.3) is 23.6 Å². The van der Waals surface area contributed by atoms with Gasteiger partial charge in [-0.15, -0.1) is 0 Å². The van der Waals surface area contributed by atoms with Crippen LogP contribution in [0.25, 0.3) is 10.8 Å². The molecule has 3 aromatic carbocycles. The number of nitriles is 1. The van der Waals surface area contributed by atoms with E-state index in [0.29, 0.717) is 5.56 Å². The minimum Gasteiger partial charge on any atom is -0.456 e. The molecule has 0 atom stereocenters. The maximum atomic E-state index is 14.0. The van der Waals surface area contributed by atoms with E-state index in [9.17, 15) is 19.2 Å². The summed E-state index contributed by atoms with van der Waals surface area (Å²) in [6.45, 7) is 0. The molecule has 12 nitrogen and oxygen atoms in total. The molecule has 41 heavy (non-hydrogen) atoms. The van der Waals surface area contributed by atoms with Gasteiger partial charge in [0.2, 0.25) is 0 Å². The molecule has 2 aliphatic heterocycles. The van der Waals surface area contributed by atoms with Crippen molar-refractivity contribution in [2.24, 2.45) is 0 Å².